The van der Waals surface area contributed by atoms with Crippen LogP contribution in [0.15, 0.2) is 283 Å². The Balaban J connectivity index is 1.01. The fraction of sp³-hybridized carbons (Fsp3) is 0.0411. The molecule has 2 nitrogen and oxygen atoms in total. The van der Waals surface area contributed by atoms with Crippen molar-refractivity contribution >= 4 is 45.1 Å². The third-order valence-electron chi connectivity index (χ3n) is 17.0. The van der Waals surface area contributed by atoms with Gasteiger partial charge in [0.2, 0.25) is 0 Å². The molecule has 75 heavy (non-hydrogen) atoms. The summed E-state index contributed by atoms with van der Waals surface area (Å²) in [5, 5.41) is 2.28. The standard InChI is InChI=1S/C73H47NO/c1-5-21-49(22-6-1)72(50-23-7-2-8-24-50)63-35-17-14-31-60(63)69-64(72)36-20-38-67(69)74(53-42-44-55-54-29-13-16-34-62(54)73(65(55)46-53,51-25-9-3-10-26-51)52-27-11-4-12-28-52)66-37-18-15-30-56(66)57-32-19-33-58-59-43-41-47-39-40-48-45-61(48)68(47)71(59)75-70(57)58/h1-46,61H/t61-/m0/s1. The van der Waals surface area contributed by atoms with Gasteiger partial charge >= 0.3 is 0 Å². The van der Waals surface area contributed by atoms with E-state index in [0.717, 1.165) is 50.1 Å². The number of hydrogen-bond donors (Lipinski definition) is 0. The predicted octanol–water partition coefficient (Wildman–Crippen LogP) is 18.5. The van der Waals surface area contributed by atoms with Crippen molar-refractivity contribution in [3.63, 3.8) is 0 Å². The molecule has 0 fully saturated rings. The van der Waals surface area contributed by atoms with Crippen LogP contribution in [0.1, 0.15) is 61.6 Å². The van der Waals surface area contributed by atoms with Gasteiger partial charge in [-0.25, -0.2) is 0 Å². The number of fused-ring (bicyclic) bond motifs is 13. The molecule has 0 bridgehead atoms. The highest BCUT2D eigenvalue weighted by molar-refractivity contribution is 6.13. The topological polar surface area (TPSA) is 16.4 Å². The molecule has 0 N–H and O–H groups in total. The molecule has 4 aliphatic carbocycles. The van der Waals surface area contributed by atoms with Crippen LogP contribution in [0.25, 0.3) is 61.4 Å². The lowest BCUT2D eigenvalue weighted by Gasteiger charge is -2.36. The summed E-state index contributed by atoms with van der Waals surface area (Å²) in [6, 6.07) is 97.2. The van der Waals surface area contributed by atoms with Gasteiger partial charge in [0.1, 0.15) is 11.2 Å². The van der Waals surface area contributed by atoms with E-state index in [-0.39, 0.29) is 0 Å². The largest absolute Gasteiger partial charge is 0.455 e. The summed E-state index contributed by atoms with van der Waals surface area (Å²) in [6.07, 6.45) is 6.84. The van der Waals surface area contributed by atoms with Crippen molar-refractivity contribution in [1.82, 2.24) is 0 Å². The second-order valence-corrected chi connectivity index (χ2v) is 20.5. The molecule has 0 saturated carbocycles. The first-order valence-electron chi connectivity index (χ1n) is 26.2. The fourth-order valence-corrected chi connectivity index (χ4v) is 13.9. The highest BCUT2D eigenvalue weighted by Gasteiger charge is 2.49. The smallest absolute Gasteiger partial charge is 0.143 e. The molecule has 0 aliphatic heterocycles. The van der Waals surface area contributed by atoms with Crippen molar-refractivity contribution in [3.8, 4) is 33.4 Å². The van der Waals surface area contributed by atoms with Crippen LogP contribution in [0, 0.1) is 0 Å². The Kier molecular flexibility index (Phi) is 8.97. The average Bonchev–Trinajstić information content (AvgIpc) is 3.98. The Labute approximate surface area is 436 Å². The summed E-state index contributed by atoms with van der Waals surface area (Å²) in [5.74, 6) is 0.312. The van der Waals surface area contributed by atoms with Gasteiger partial charge in [-0.1, -0.05) is 249 Å². The Hall–Kier alpha value is -9.50. The van der Waals surface area contributed by atoms with Crippen molar-refractivity contribution in [2.45, 2.75) is 16.7 Å². The summed E-state index contributed by atoms with van der Waals surface area (Å²) < 4.78 is 7.26. The zero-order valence-corrected chi connectivity index (χ0v) is 41.0. The van der Waals surface area contributed by atoms with Crippen LogP contribution in [0.3, 0.4) is 0 Å². The molecular weight excluding hydrogens is 907 g/mol. The van der Waals surface area contributed by atoms with Crippen molar-refractivity contribution in [2.75, 3.05) is 4.90 Å². The number of hydrogen-bond acceptors (Lipinski definition) is 2. The van der Waals surface area contributed by atoms with Crippen LogP contribution < -0.4 is 4.90 Å². The number of para-hydroxylation sites is 2. The number of anilines is 3. The van der Waals surface area contributed by atoms with E-state index in [1.165, 1.54) is 83.5 Å². The van der Waals surface area contributed by atoms with Gasteiger partial charge in [0.15, 0.2) is 0 Å². The van der Waals surface area contributed by atoms with E-state index >= 15 is 0 Å². The molecule has 16 rings (SSSR count). The molecule has 1 heterocycles. The summed E-state index contributed by atoms with van der Waals surface area (Å²) in [4.78, 5) is 2.57. The predicted molar refractivity (Wildman–Crippen MR) is 308 cm³/mol. The number of allylic oxidation sites excluding steroid dienone is 3. The Bertz CT molecular complexity index is 4270. The van der Waals surface area contributed by atoms with Gasteiger partial charge in [-0.2, -0.15) is 0 Å². The van der Waals surface area contributed by atoms with Gasteiger partial charge in [0.05, 0.1) is 22.2 Å². The van der Waals surface area contributed by atoms with E-state index < -0.39 is 10.8 Å². The molecule has 11 aromatic carbocycles. The van der Waals surface area contributed by atoms with Crippen molar-refractivity contribution in [1.29, 1.82) is 0 Å². The normalized spacial score (nSPS) is 15.6. The molecule has 350 valence electrons. The van der Waals surface area contributed by atoms with Crippen LogP contribution >= 0.6 is 0 Å². The van der Waals surface area contributed by atoms with E-state index in [4.69, 9.17) is 4.42 Å². The lowest BCUT2D eigenvalue weighted by Crippen LogP contribution is -2.29. The first-order chi connectivity index (χ1) is 37.2. The maximum Gasteiger partial charge on any atom is 0.143 e. The van der Waals surface area contributed by atoms with Crippen molar-refractivity contribution in [2.24, 2.45) is 0 Å². The maximum atomic E-state index is 7.26. The summed E-state index contributed by atoms with van der Waals surface area (Å²) in [6.45, 7) is 0. The second kappa shape index (κ2) is 16.0. The van der Waals surface area contributed by atoms with Gasteiger partial charge in [0, 0.05) is 44.6 Å². The Morgan fingerprint density at radius 2 is 0.853 bits per heavy atom. The zero-order chi connectivity index (χ0) is 49.2. The van der Waals surface area contributed by atoms with E-state index in [1.807, 2.05) is 0 Å². The monoisotopic (exact) mass is 953 g/mol. The van der Waals surface area contributed by atoms with Gasteiger partial charge < -0.3 is 9.32 Å². The Morgan fingerprint density at radius 1 is 0.347 bits per heavy atom. The lowest BCUT2D eigenvalue weighted by atomic mass is 9.67. The molecule has 1 atom stereocenters. The van der Waals surface area contributed by atoms with Gasteiger partial charge in [0.25, 0.3) is 0 Å². The first-order valence-corrected chi connectivity index (χ1v) is 26.2. The van der Waals surface area contributed by atoms with Crippen LogP contribution in [-0.2, 0) is 10.8 Å². The molecule has 0 amide bonds. The minimum atomic E-state index is -0.596. The number of furan rings is 1. The third-order valence-corrected chi connectivity index (χ3v) is 17.0. The van der Waals surface area contributed by atoms with E-state index in [1.54, 1.807) is 0 Å². The fourth-order valence-electron chi connectivity index (χ4n) is 13.9. The van der Waals surface area contributed by atoms with Crippen LogP contribution in [0.4, 0.5) is 17.1 Å². The van der Waals surface area contributed by atoms with E-state index in [9.17, 15) is 0 Å². The summed E-state index contributed by atoms with van der Waals surface area (Å²) in [7, 11) is 0. The van der Waals surface area contributed by atoms with E-state index in [2.05, 4.69) is 284 Å². The molecule has 0 radical (unpaired) electrons. The minimum Gasteiger partial charge on any atom is -0.455 e. The molecule has 2 heteroatoms. The first kappa shape index (κ1) is 42.1. The maximum absolute atomic E-state index is 7.26. The zero-order valence-electron chi connectivity index (χ0n) is 41.0. The van der Waals surface area contributed by atoms with Crippen LogP contribution in [-0.4, -0.2) is 0 Å². The molecule has 0 spiro atoms. The Morgan fingerprint density at radius 3 is 1.53 bits per heavy atom. The van der Waals surface area contributed by atoms with E-state index in [0.29, 0.717) is 5.92 Å². The molecule has 4 aliphatic rings. The molecule has 0 saturated heterocycles. The SMILES string of the molecule is C1=Cc2ccc3c(oc4c(-c5ccccc5N(c5ccc6c(c5)C(c5ccccc5)(c5ccccc5)c5ccccc5-6)c5cccc6c5-c5ccccc5C6(c5ccccc5)c5ccccc5)cccc43)c2[C@H]2C=C12. The van der Waals surface area contributed by atoms with Gasteiger partial charge in [-0.15, -0.1) is 0 Å². The van der Waals surface area contributed by atoms with Gasteiger partial charge in [-0.3, -0.25) is 0 Å². The molecule has 0 unspecified atom stereocenters. The molecule has 12 aromatic rings. The highest BCUT2D eigenvalue weighted by atomic mass is 16.3. The average molecular weight is 954 g/mol. The quantitative estimate of drug-likeness (QED) is 0.151. The highest BCUT2D eigenvalue weighted by Crippen LogP contribution is 2.62. The summed E-state index contributed by atoms with van der Waals surface area (Å²) >= 11 is 0. The second-order valence-electron chi connectivity index (χ2n) is 20.5. The lowest BCUT2D eigenvalue weighted by molar-refractivity contribution is 0.664. The number of nitrogens with zero attached hydrogens (tertiary/aromatic N) is 1. The third kappa shape index (κ3) is 5.80. The number of benzene rings is 11. The molecule has 1 aromatic heterocycles. The van der Waals surface area contributed by atoms with Crippen LogP contribution in [0.5, 0.6) is 0 Å². The van der Waals surface area contributed by atoms with Crippen molar-refractivity contribution < 1.29 is 4.42 Å². The van der Waals surface area contributed by atoms with Crippen LogP contribution in [0.2, 0.25) is 0 Å². The number of rotatable bonds is 8. The summed E-state index contributed by atoms with van der Waals surface area (Å²) in [5.41, 5.74) is 24.9. The van der Waals surface area contributed by atoms with Gasteiger partial charge in [-0.05, 0) is 103 Å². The minimum absolute atomic E-state index is 0.312. The molecular formula is C73H47NO. The van der Waals surface area contributed by atoms with Crippen molar-refractivity contribution in [3.05, 3.63) is 334 Å².